The Balaban J connectivity index is 2.27. The molecule has 9 heteroatoms. The fourth-order valence-electron chi connectivity index (χ4n) is 2.42. The minimum absolute atomic E-state index is 0.0599. The number of rotatable bonds is 8. The van der Waals surface area contributed by atoms with Gasteiger partial charge in [-0.15, -0.1) is 0 Å². The van der Waals surface area contributed by atoms with E-state index in [1.165, 1.54) is 18.7 Å². The molecule has 0 fully saturated rings. The first-order valence-corrected chi connectivity index (χ1v) is 10.3. The molecule has 0 saturated heterocycles. The van der Waals surface area contributed by atoms with Gasteiger partial charge in [-0.2, -0.15) is 0 Å². The zero-order valence-electron chi connectivity index (χ0n) is 15.0. The molecular weight excluding hydrogens is 435 g/mol. The van der Waals surface area contributed by atoms with Crippen LogP contribution in [0.1, 0.15) is 20.3 Å². The SMILES string of the molecule is CCO[C@H]1C[C@@H](OC(C)=O)C(Sc2ccccc2)=C(COCC(Cl)(Cl)Cl)O1. The van der Waals surface area contributed by atoms with Crippen LogP contribution in [-0.2, 0) is 23.7 Å². The van der Waals surface area contributed by atoms with Gasteiger partial charge < -0.3 is 18.9 Å². The van der Waals surface area contributed by atoms with Crippen molar-refractivity contribution in [2.75, 3.05) is 19.8 Å². The fourth-order valence-corrected chi connectivity index (χ4v) is 3.69. The Morgan fingerprint density at radius 2 is 2.00 bits per heavy atom. The lowest BCUT2D eigenvalue weighted by Crippen LogP contribution is -2.34. The number of esters is 1. The van der Waals surface area contributed by atoms with Crippen molar-refractivity contribution in [3.8, 4) is 0 Å². The van der Waals surface area contributed by atoms with Crippen molar-refractivity contribution in [1.82, 2.24) is 0 Å². The van der Waals surface area contributed by atoms with Crippen LogP contribution in [0.3, 0.4) is 0 Å². The lowest BCUT2D eigenvalue weighted by atomic mass is 10.1. The summed E-state index contributed by atoms with van der Waals surface area (Å²) in [6, 6.07) is 9.69. The highest BCUT2D eigenvalue weighted by Crippen LogP contribution is 2.39. The van der Waals surface area contributed by atoms with E-state index in [4.69, 9.17) is 53.8 Å². The van der Waals surface area contributed by atoms with Crippen LogP contribution in [0.4, 0.5) is 0 Å². The first-order chi connectivity index (χ1) is 12.8. The molecule has 2 rings (SSSR count). The molecule has 5 nitrogen and oxygen atoms in total. The maximum atomic E-state index is 11.6. The van der Waals surface area contributed by atoms with Gasteiger partial charge in [-0.25, -0.2) is 0 Å². The summed E-state index contributed by atoms with van der Waals surface area (Å²) < 4.78 is 21.0. The highest BCUT2D eigenvalue weighted by atomic mass is 35.6. The van der Waals surface area contributed by atoms with Gasteiger partial charge in [0.2, 0.25) is 10.1 Å². The number of carbonyl (C=O) groups is 1. The van der Waals surface area contributed by atoms with Crippen LogP contribution in [0.15, 0.2) is 45.9 Å². The Kier molecular flexibility index (Phi) is 9.05. The Hall–Kier alpha value is -0.630. The van der Waals surface area contributed by atoms with Crippen molar-refractivity contribution in [1.29, 1.82) is 0 Å². The van der Waals surface area contributed by atoms with Crippen molar-refractivity contribution in [2.45, 2.75) is 41.4 Å². The molecular formula is C18H21Cl3O5S. The van der Waals surface area contributed by atoms with Crippen LogP contribution in [0, 0.1) is 0 Å². The first-order valence-electron chi connectivity index (χ1n) is 8.34. The summed E-state index contributed by atoms with van der Waals surface area (Å²) in [6.07, 6.45) is -0.675. The van der Waals surface area contributed by atoms with E-state index < -0.39 is 16.2 Å². The van der Waals surface area contributed by atoms with Crippen molar-refractivity contribution >= 4 is 52.5 Å². The molecule has 0 aliphatic carbocycles. The molecule has 1 aromatic rings. The zero-order chi connectivity index (χ0) is 19.9. The molecule has 1 aromatic carbocycles. The highest BCUT2D eigenvalue weighted by Gasteiger charge is 2.34. The molecule has 2 atom stereocenters. The van der Waals surface area contributed by atoms with E-state index in [2.05, 4.69) is 0 Å². The molecule has 1 aliphatic rings. The lowest BCUT2D eigenvalue weighted by molar-refractivity contribution is -0.164. The van der Waals surface area contributed by atoms with Crippen molar-refractivity contribution in [2.24, 2.45) is 0 Å². The highest BCUT2D eigenvalue weighted by molar-refractivity contribution is 8.03. The molecule has 0 spiro atoms. The molecule has 0 unspecified atom stereocenters. The summed E-state index contributed by atoms with van der Waals surface area (Å²) in [4.78, 5) is 13.3. The summed E-state index contributed by atoms with van der Waals surface area (Å²) in [6.45, 7) is 3.65. The van der Waals surface area contributed by atoms with Crippen LogP contribution < -0.4 is 0 Å². The van der Waals surface area contributed by atoms with E-state index in [0.717, 1.165) is 9.80 Å². The Labute approximate surface area is 178 Å². The molecule has 0 amide bonds. The summed E-state index contributed by atoms with van der Waals surface area (Å²) >= 11 is 18.7. The van der Waals surface area contributed by atoms with Gasteiger partial charge >= 0.3 is 5.97 Å². The molecule has 27 heavy (non-hydrogen) atoms. The second-order valence-corrected chi connectivity index (χ2v) is 9.28. The van der Waals surface area contributed by atoms with Gasteiger partial charge in [-0.05, 0) is 19.1 Å². The number of benzene rings is 1. The topological polar surface area (TPSA) is 54.0 Å². The molecule has 1 heterocycles. The average molecular weight is 456 g/mol. The smallest absolute Gasteiger partial charge is 0.303 e. The summed E-state index contributed by atoms with van der Waals surface area (Å²) in [5.41, 5.74) is 0. The van der Waals surface area contributed by atoms with Gasteiger partial charge in [0.25, 0.3) is 0 Å². The quantitative estimate of drug-likeness (QED) is 0.402. The van der Waals surface area contributed by atoms with Gasteiger partial charge in [0.1, 0.15) is 18.5 Å². The van der Waals surface area contributed by atoms with Crippen LogP contribution in [0.2, 0.25) is 0 Å². The number of carbonyl (C=O) groups excluding carboxylic acids is 1. The van der Waals surface area contributed by atoms with Crippen molar-refractivity contribution in [3.05, 3.63) is 41.0 Å². The predicted octanol–water partition coefficient (Wildman–Crippen LogP) is 5.09. The van der Waals surface area contributed by atoms with Crippen LogP contribution in [0.5, 0.6) is 0 Å². The monoisotopic (exact) mass is 454 g/mol. The Bertz CT molecular complexity index is 648. The van der Waals surface area contributed by atoms with Gasteiger partial charge in [0, 0.05) is 18.4 Å². The lowest BCUT2D eigenvalue weighted by Gasteiger charge is -2.33. The third kappa shape index (κ3) is 8.10. The van der Waals surface area contributed by atoms with Crippen LogP contribution in [0.25, 0.3) is 0 Å². The number of hydrogen-bond donors (Lipinski definition) is 0. The van der Waals surface area contributed by atoms with E-state index in [1.807, 2.05) is 37.3 Å². The van der Waals surface area contributed by atoms with E-state index in [0.29, 0.717) is 18.8 Å². The minimum Gasteiger partial charge on any atom is -0.466 e. The van der Waals surface area contributed by atoms with Gasteiger partial charge in [0.15, 0.2) is 0 Å². The van der Waals surface area contributed by atoms with Crippen molar-refractivity contribution in [3.63, 3.8) is 0 Å². The molecule has 0 radical (unpaired) electrons. The third-order valence-electron chi connectivity index (χ3n) is 3.38. The second-order valence-electron chi connectivity index (χ2n) is 5.65. The van der Waals surface area contributed by atoms with Crippen molar-refractivity contribution < 1.29 is 23.7 Å². The number of ether oxygens (including phenoxy) is 4. The standard InChI is InChI=1S/C18H21Cl3O5S/c1-3-24-16-9-14(25-12(2)22)17(27-13-7-5-4-6-8-13)15(26-16)10-23-11-18(19,20)21/h4-8,14,16H,3,9-11H2,1-2H3/t14-,16-/m1/s1. The molecule has 0 saturated carbocycles. The Morgan fingerprint density at radius 1 is 1.30 bits per heavy atom. The Morgan fingerprint density at radius 3 is 2.59 bits per heavy atom. The third-order valence-corrected chi connectivity index (χ3v) is 4.92. The number of hydrogen-bond acceptors (Lipinski definition) is 6. The summed E-state index contributed by atoms with van der Waals surface area (Å²) in [7, 11) is 0. The van der Waals surface area contributed by atoms with E-state index in [-0.39, 0.29) is 19.2 Å². The number of alkyl halides is 3. The predicted molar refractivity (Wildman–Crippen MR) is 107 cm³/mol. The first kappa shape index (κ1) is 22.7. The molecule has 150 valence electrons. The largest absolute Gasteiger partial charge is 0.466 e. The van der Waals surface area contributed by atoms with Gasteiger partial charge in [0.05, 0.1) is 17.9 Å². The van der Waals surface area contributed by atoms with E-state index in [9.17, 15) is 4.79 Å². The molecule has 0 bridgehead atoms. The molecule has 0 aromatic heterocycles. The average Bonchev–Trinajstić information content (AvgIpc) is 2.57. The van der Waals surface area contributed by atoms with Crippen LogP contribution in [-0.4, -0.2) is 42.0 Å². The number of thioether (sulfide) groups is 1. The normalized spacial score (nSPS) is 20.3. The van der Waals surface area contributed by atoms with Crippen LogP contribution >= 0.6 is 46.6 Å². The summed E-state index contributed by atoms with van der Waals surface area (Å²) in [5, 5.41) is 0. The maximum absolute atomic E-state index is 11.6. The maximum Gasteiger partial charge on any atom is 0.303 e. The summed E-state index contributed by atoms with van der Waals surface area (Å²) in [5.74, 6) is 0.110. The molecule has 1 aliphatic heterocycles. The second kappa shape index (κ2) is 10.8. The van der Waals surface area contributed by atoms with Gasteiger partial charge in [-0.3, -0.25) is 4.79 Å². The minimum atomic E-state index is -1.53. The van der Waals surface area contributed by atoms with Gasteiger partial charge in [-0.1, -0.05) is 64.8 Å². The molecule has 0 N–H and O–H groups in total. The van der Waals surface area contributed by atoms with E-state index >= 15 is 0 Å². The fraction of sp³-hybridized carbons (Fsp3) is 0.500. The number of halogens is 3. The zero-order valence-corrected chi connectivity index (χ0v) is 18.0. The van der Waals surface area contributed by atoms with E-state index in [1.54, 1.807) is 0 Å².